The van der Waals surface area contributed by atoms with Crippen molar-refractivity contribution in [3.63, 3.8) is 0 Å². The van der Waals surface area contributed by atoms with Gasteiger partial charge in [-0.2, -0.15) is 0 Å². The second kappa shape index (κ2) is 4.51. The molecule has 0 saturated carbocycles. The summed E-state index contributed by atoms with van der Waals surface area (Å²) in [5.74, 6) is 0. The van der Waals surface area contributed by atoms with Crippen molar-refractivity contribution in [1.82, 2.24) is 0 Å². The van der Waals surface area contributed by atoms with Crippen LogP contribution in [-0.4, -0.2) is 31.1 Å². The molecule has 0 aliphatic rings. The van der Waals surface area contributed by atoms with E-state index in [1.54, 1.807) is 0 Å². The SMILES string of the molecule is COC(CC(O)F)C(F)F. The largest absolute Gasteiger partial charge is 0.375 e. The highest BCUT2D eigenvalue weighted by atomic mass is 19.3. The highest BCUT2D eigenvalue weighted by molar-refractivity contribution is 4.60. The molecule has 0 saturated heterocycles. The molecule has 0 heterocycles. The molecule has 0 aliphatic heterocycles. The van der Waals surface area contributed by atoms with E-state index in [4.69, 9.17) is 5.11 Å². The monoisotopic (exact) mass is 158 g/mol. The van der Waals surface area contributed by atoms with Gasteiger partial charge in [0.15, 0.2) is 6.36 Å². The van der Waals surface area contributed by atoms with Gasteiger partial charge < -0.3 is 9.84 Å². The number of hydrogen-bond donors (Lipinski definition) is 1. The maximum Gasteiger partial charge on any atom is 0.264 e. The van der Waals surface area contributed by atoms with Gasteiger partial charge in [-0.3, -0.25) is 0 Å². The first-order chi connectivity index (χ1) is 4.57. The molecule has 10 heavy (non-hydrogen) atoms. The Kier molecular flexibility index (Phi) is 4.38. The van der Waals surface area contributed by atoms with E-state index in [9.17, 15) is 13.2 Å². The predicted octanol–water partition coefficient (Wildman–Crippen LogP) is 0.944. The van der Waals surface area contributed by atoms with Gasteiger partial charge in [-0.05, 0) is 0 Å². The highest BCUT2D eigenvalue weighted by Crippen LogP contribution is 2.11. The van der Waals surface area contributed by atoms with E-state index in [2.05, 4.69) is 4.74 Å². The van der Waals surface area contributed by atoms with Crippen LogP contribution in [0.1, 0.15) is 6.42 Å². The molecular weight excluding hydrogens is 149 g/mol. The molecule has 0 fully saturated rings. The Morgan fingerprint density at radius 2 is 1.90 bits per heavy atom. The molecule has 1 N–H and O–H groups in total. The molecule has 0 amide bonds. The molecule has 2 unspecified atom stereocenters. The lowest BCUT2D eigenvalue weighted by Gasteiger charge is -2.13. The Morgan fingerprint density at radius 1 is 1.40 bits per heavy atom. The van der Waals surface area contributed by atoms with Crippen molar-refractivity contribution < 1.29 is 23.0 Å². The van der Waals surface area contributed by atoms with Crippen LogP contribution in [0, 0.1) is 0 Å². The van der Waals surface area contributed by atoms with Gasteiger partial charge >= 0.3 is 0 Å². The molecule has 0 radical (unpaired) electrons. The van der Waals surface area contributed by atoms with E-state index in [1.165, 1.54) is 0 Å². The zero-order chi connectivity index (χ0) is 8.15. The summed E-state index contributed by atoms with van der Waals surface area (Å²) in [7, 11) is 1.04. The van der Waals surface area contributed by atoms with E-state index < -0.39 is 25.3 Å². The van der Waals surface area contributed by atoms with Crippen molar-refractivity contribution in [1.29, 1.82) is 0 Å². The fraction of sp³-hybridized carbons (Fsp3) is 1.00. The molecular formula is C5H9F3O2. The van der Waals surface area contributed by atoms with Gasteiger partial charge in [-0.15, -0.1) is 0 Å². The minimum Gasteiger partial charge on any atom is -0.375 e. The van der Waals surface area contributed by atoms with Crippen molar-refractivity contribution in [3.05, 3.63) is 0 Å². The number of rotatable bonds is 4. The van der Waals surface area contributed by atoms with Crippen LogP contribution in [0.3, 0.4) is 0 Å². The molecule has 0 aromatic heterocycles. The van der Waals surface area contributed by atoms with Crippen LogP contribution in [0.25, 0.3) is 0 Å². The van der Waals surface area contributed by atoms with Gasteiger partial charge in [0.05, 0.1) is 0 Å². The normalized spacial score (nSPS) is 17.4. The van der Waals surface area contributed by atoms with Gasteiger partial charge in [-0.25, -0.2) is 13.2 Å². The standard InChI is InChI=1S/C5H9F3O2/c1-10-3(5(7)8)2-4(6)9/h3-5,9H,2H2,1H3. The summed E-state index contributed by atoms with van der Waals surface area (Å²) in [4.78, 5) is 0. The molecule has 0 spiro atoms. The van der Waals surface area contributed by atoms with Gasteiger partial charge in [0.2, 0.25) is 0 Å². The molecule has 0 aliphatic carbocycles. The number of hydrogen-bond acceptors (Lipinski definition) is 2. The first-order valence-corrected chi connectivity index (χ1v) is 2.71. The topological polar surface area (TPSA) is 29.5 Å². The second-order valence-corrected chi connectivity index (χ2v) is 1.78. The molecule has 5 heteroatoms. The molecule has 2 atom stereocenters. The van der Waals surface area contributed by atoms with Gasteiger partial charge in [0.25, 0.3) is 6.43 Å². The Balaban J connectivity index is 3.60. The van der Waals surface area contributed by atoms with E-state index in [0.717, 1.165) is 7.11 Å². The lowest BCUT2D eigenvalue weighted by Crippen LogP contribution is -2.24. The van der Waals surface area contributed by atoms with Crippen LogP contribution in [0.4, 0.5) is 13.2 Å². The van der Waals surface area contributed by atoms with Gasteiger partial charge in [-0.1, -0.05) is 0 Å². The zero-order valence-electron chi connectivity index (χ0n) is 5.43. The zero-order valence-corrected chi connectivity index (χ0v) is 5.43. The van der Waals surface area contributed by atoms with Crippen LogP contribution in [-0.2, 0) is 4.74 Å². The molecule has 0 rings (SSSR count). The number of aliphatic hydroxyl groups is 1. The lowest BCUT2D eigenvalue weighted by molar-refractivity contribution is -0.0805. The summed E-state index contributed by atoms with van der Waals surface area (Å²) in [5.41, 5.74) is 0. The minimum atomic E-state index is -2.75. The molecule has 0 bridgehead atoms. The minimum absolute atomic E-state index is 0.686. The predicted molar refractivity (Wildman–Crippen MR) is 28.5 cm³/mol. The van der Waals surface area contributed by atoms with Gasteiger partial charge in [0.1, 0.15) is 6.10 Å². The van der Waals surface area contributed by atoms with Crippen molar-refractivity contribution in [3.8, 4) is 0 Å². The number of halogens is 3. The fourth-order valence-corrected chi connectivity index (χ4v) is 0.494. The third-order valence-corrected chi connectivity index (χ3v) is 1.01. The fourth-order valence-electron chi connectivity index (χ4n) is 0.494. The molecule has 0 aromatic carbocycles. The third kappa shape index (κ3) is 3.68. The summed E-state index contributed by atoms with van der Waals surface area (Å²) in [6.07, 6.45) is -7.19. The average molecular weight is 158 g/mol. The van der Waals surface area contributed by atoms with Crippen molar-refractivity contribution in [2.75, 3.05) is 7.11 Å². The number of methoxy groups -OCH3 is 1. The number of aliphatic hydroxyl groups excluding tert-OH is 1. The number of ether oxygens (including phenoxy) is 1. The van der Waals surface area contributed by atoms with Crippen LogP contribution in [0.5, 0.6) is 0 Å². The lowest BCUT2D eigenvalue weighted by atomic mass is 10.2. The Bertz CT molecular complexity index is 87.0. The van der Waals surface area contributed by atoms with Crippen LogP contribution in [0.2, 0.25) is 0 Å². The third-order valence-electron chi connectivity index (χ3n) is 1.01. The highest BCUT2D eigenvalue weighted by Gasteiger charge is 2.22. The molecule has 2 nitrogen and oxygen atoms in total. The summed E-state index contributed by atoms with van der Waals surface area (Å²) < 4.78 is 39.1. The van der Waals surface area contributed by atoms with E-state index in [1.807, 2.05) is 0 Å². The Hall–Kier alpha value is -0.290. The number of alkyl halides is 3. The quantitative estimate of drug-likeness (QED) is 0.659. The second-order valence-electron chi connectivity index (χ2n) is 1.78. The molecule has 0 aromatic rings. The van der Waals surface area contributed by atoms with Crippen molar-refractivity contribution in [2.45, 2.75) is 25.3 Å². The van der Waals surface area contributed by atoms with Crippen LogP contribution >= 0.6 is 0 Å². The van der Waals surface area contributed by atoms with E-state index in [-0.39, 0.29) is 0 Å². The Morgan fingerprint density at radius 3 is 2.00 bits per heavy atom. The van der Waals surface area contributed by atoms with Crippen molar-refractivity contribution >= 4 is 0 Å². The summed E-state index contributed by atoms with van der Waals surface area (Å²) in [5, 5.41) is 8.02. The molecule has 62 valence electrons. The Labute approximate surface area is 56.6 Å². The maximum atomic E-state index is 11.7. The maximum absolute atomic E-state index is 11.7. The van der Waals surface area contributed by atoms with Crippen LogP contribution in [0.15, 0.2) is 0 Å². The smallest absolute Gasteiger partial charge is 0.264 e. The van der Waals surface area contributed by atoms with Crippen LogP contribution < -0.4 is 0 Å². The summed E-state index contributed by atoms with van der Waals surface area (Å²) >= 11 is 0. The van der Waals surface area contributed by atoms with E-state index in [0.29, 0.717) is 0 Å². The first-order valence-electron chi connectivity index (χ1n) is 2.71. The van der Waals surface area contributed by atoms with E-state index >= 15 is 0 Å². The van der Waals surface area contributed by atoms with Gasteiger partial charge in [0, 0.05) is 13.5 Å². The summed E-state index contributed by atoms with van der Waals surface area (Å²) in [6, 6.07) is 0. The average Bonchev–Trinajstić information content (AvgIpc) is 1.81. The van der Waals surface area contributed by atoms with Crippen molar-refractivity contribution in [2.24, 2.45) is 0 Å². The first kappa shape index (κ1) is 9.71. The summed E-state index contributed by atoms with van der Waals surface area (Å²) in [6.45, 7) is 0.